The minimum atomic E-state index is -1.24. The average Bonchev–Trinajstić information content (AvgIpc) is 2.52. The third-order valence-electron chi connectivity index (χ3n) is 2.78. The highest BCUT2D eigenvalue weighted by atomic mass is 35.5. The van der Waals surface area contributed by atoms with E-state index in [4.69, 9.17) is 27.9 Å². The van der Waals surface area contributed by atoms with Crippen molar-refractivity contribution < 1.29 is 23.1 Å². The topological polar surface area (TPSA) is 47.9 Å². The van der Waals surface area contributed by atoms with E-state index in [0.29, 0.717) is 15.8 Å². The van der Waals surface area contributed by atoms with Gasteiger partial charge >= 0.3 is 5.97 Å². The fraction of sp³-hybridized carbons (Fsp3) is 0.125. The molecule has 0 aliphatic carbocycles. The van der Waals surface area contributed by atoms with Gasteiger partial charge in [0.05, 0.1) is 10.7 Å². The van der Waals surface area contributed by atoms with Gasteiger partial charge in [-0.3, -0.25) is 0 Å². The van der Waals surface area contributed by atoms with E-state index in [0.717, 1.165) is 18.2 Å². The summed E-state index contributed by atoms with van der Waals surface area (Å²) >= 11 is 11.7. The Kier molecular flexibility index (Phi) is 6.11. The average molecular weight is 374 g/mol. The Balaban J connectivity index is 1.97. The molecule has 0 heterocycles. The van der Waals surface area contributed by atoms with Crippen molar-refractivity contribution in [3.05, 3.63) is 63.6 Å². The van der Waals surface area contributed by atoms with Crippen LogP contribution in [0.25, 0.3) is 0 Å². The first kappa shape index (κ1) is 18.2. The van der Waals surface area contributed by atoms with Gasteiger partial charge in [0.15, 0.2) is 0 Å². The summed E-state index contributed by atoms with van der Waals surface area (Å²) in [5, 5.41) is 4.25. The van der Waals surface area contributed by atoms with E-state index < -0.39 is 23.2 Å². The zero-order valence-electron chi connectivity index (χ0n) is 12.4. The molecule has 0 fully saturated rings. The summed E-state index contributed by atoms with van der Waals surface area (Å²) in [4.78, 5) is 16.2. The molecular weight excluding hydrogens is 363 g/mol. The zero-order chi connectivity index (χ0) is 17.7. The number of ether oxygens (including phenoxy) is 1. The fourth-order valence-corrected chi connectivity index (χ4v) is 2.12. The summed E-state index contributed by atoms with van der Waals surface area (Å²) in [6, 6.07) is 7.70. The van der Waals surface area contributed by atoms with Crippen LogP contribution in [0.2, 0.25) is 10.0 Å². The van der Waals surface area contributed by atoms with Crippen LogP contribution < -0.4 is 4.74 Å². The van der Waals surface area contributed by atoms with E-state index in [2.05, 4.69) is 9.99 Å². The summed E-state index contributed by atoms with van der Waals surface area (Å²) in [6.07, 6.45) is 0. The Morgan fingerprint density at radius 1 is 1.17 bits per heavy atom. The highest BCUT2D eigenvalue weighted by Crippen LogP contribution is 2.27. The third kappa shape index (κ3) is 4.66. The number of oxime groups is 1. The van der Waals surface area contributed by atoms with Crippen molar-refractivity contribution in [2.24, 2.45) is 5.16 Å². The van der Waals surface area contributed by atoms with Gasteiger partial charge in [-0.05, 0) is 37.3 Å². The predicted molar refractivity (Wildman–Crippen MR) is 86.8 cm³/mol. The van der Waals surface area contributed by atoms with Crippen LogP contribution in [0.15, 0.2) is 41.6 Å². The summed E-state index contributed by atoms with van der Waals surface area (Å²) < 4.78 is 32.2. The molecule has 0 saturated carbocycles. The number of carbonyl (C=O) groups excluding carboxylic acids is 1. The van der Waals surface area contributed by atoms with Gasteiger partial charge in [-0.25, -0.2) is 13.6 Å². The van der Waals surface area contributed by atoms with Crippen LogP contribution in [0.4, 0.5) is 8.78 Å². The van der Waals surface area contributed by atoms with E-state index >= 15 is 0 Å². The lowest BCUT2D eigenvalue weighted by Crippen LogP contribution is -2.12. The van der Waals surface area contributed by atoms with Gasteiger partial charge in [0.25, 0.3) is 0 Å². The molecule has 126 valence electrons. The summed E-state index contributed by atoms with van der Waals surface area (Å²) in [6.45, 7) is 1.46. The largest absolute Gasteiger partial charge is 0.486 e. The van der Waals surface area contributed by atoms with Crippen LogP contribution in [-0.4, -0.2) is 18.3 Å². The molecule has 4 nitrogen and oxygen atoms in total. The monoisotopic (exact) mass is 373 g/mol. The second-order valence-corrected chi connectivity index (χ2v) is 5.51. The smallest absolute Gasteiger partial charge is 0.371 e. The lowest BCUT2D eigenvalue weighted by molar-refractivity contribution is 0.0502. The molecule has 0 aliphatic rings. The second-order valence-electron chi connectivity index (χ2n) is 4.67. The number of nitrogens with zero attached hydrogens (tertiary/aromatic N) is 1. The van der Waals surface area contributed by atoms with E-state index in [9.17, 15) is 13.6 Å². The lowest BCUT2D eigenvalue weighted by atomic mass is 10.2. The van der Waals surface area contributed by atoms with Crippen LogP contribution in [0.3, 0.4) is 0 Å². The molecule has 0 amide bonds. The van der Waals surface area contributed by atoms with Gasteiger partial charge in [0.2, 0.25) is 0 Å². The molecule has 0 aliphatic heterocycles. The normalized spacial score (nSPS) is 11.3. The van der Waals surface area contributed by atoms with Crippen molar-refractivity contribution in [3.8, 4) is 5.75 Å². The van der Waals surface area contributed by atoms with Crippen molar-refractivity contribution in [1.29, 1.82) is 0 Å². The first-order chi connectivity index (χ1) is 11.4. The SMILES string of the molecule is C/C(COc1ccc(Cl)cc1Cl)=N/OC(=O)c1c(F)cccc1F. The molecular formula is C16H11Cl2F2NO3. The number of hydrogen-bond acceptors (Lipinski definition) is 4. The van der Waals surface area contributed by atoms with Crippen LogP contribution in [0, 0.1) is 11.6 Å². The third-order valence-corrected chi connectivity index (χ3v) is 3.31. The second kappa shape index (κ2) is 8.08. The molecule has 2 aromatic rings. The molecule has 0 unspecified atom stereocenters. The minimum absolute atomic E-state index is 0.0472. The first-order valence-electron chi connectivity index (χ1n) is 6.65. The maximum atomic E-state index is 13.4. The molecule has 0 atom stereocenters. The number of carbonyl (C=O) groups is 1. The Morgan fingerprint density at radius 2 is 1.83 bits per heavy atom. The Morgan fingerprint density at radius 3 is 2.46 bits per heavy atom. The Bertz CT molecular complexity index is 777. The molecule has 0 radical (unpaired) electrons. The van der Waals surface area contributed by atoms with Crippen molar-refractivity contribution in [3.63, 3.8) is 0 Å². The van der Waals surface area contributed by atoms with Crippen LogP contribution in [0.5, 0.6) is 5.75 Å². The molecule has 0 bridgehead atoms. The molecule has 24 heavy (non-hydrogen) atoms. The van der Waals surface area contributed by atoms with Gasteiger partial charge in [-0.2, -0.15) is 0 Å². The zero-order valence-corrected chi connectivity index (χ0v) is 13.9. The molecule has 2 aromatic carbocycles. The molecule has 0 N–H and O–H groups in total. The van der Waals surface area contributed by atoms with E-state index in [1.54, 1.807) is 12.1 Å². The lowest BCUT2D eigenvalue weighted by Gasteiger charge is -2.07. The molecule has 0 aromatic heterocycles. The van der Waals surface area contributed by atoms with Crippen molar-refractivity contribution in [2.45, 2.75) is 6.92 Å². The maximum Gasteiger partial charge on any atom is 0.371 e. The quantitative estimate of drug-likeness (QED) is 0.426. The van der Waals surface area contributed by atoms with E-state index in [1.807, 2.05) is 0 Å². The Hall–Kier alpha value is -2.18. The number of rotatable bonds is 5. The van der Waals surface area contributed by atoms with Crippen molar-refractivity contribution in [1.82, 2.24) is 0 Å². The minimum Gasteiger partial charge on any atom is -0.486 e. The molecule has 0 spiro atoms. The molecule has 8 heteroatoms. The van der Waals surface area contributed by atoms with Crippen LogP contribution >= 0.6 is 23.2 Å². The van der Waals surface area contributed by atoms with Crippen LogP contribution in [0.1, 0.15) is 17.3 Å². The summed E-state index contributed by atoms with van der Waals surface area (Å²) in [5.41, 5.74) is -0.554. The van der Waals surface area contributed by atoms with Gasteiger partial charge < -0.3 is 9.57 Å². The van der Waals surface area contributed by atoms with E-state index in [1.165, 1.54) is 13.0 Å². The number of hydrogen-bond donors (Lipinski definition) is 0. The summed E-state index contributed by atoms with van der Waals surface area (Å²) in [7, 11) is 0. The van der Waals surface area contributed by atoms with Crippen molar-refractivity contribution >= 4 is 34.9 Å². The van der Waals surface area contributed by atoms with E-state index in [-0.39, 0.29) is 12.3 Å². The standard InChI is InChI=1S/C16H11Cl2F2NO3/c1-9(8-23-14-6-5-10(17)7-11(14)18)21-24-16(22)15-12(19)3-2-4-13(15)20/h2-7H,8H2,1H3/b21-9-. The van der Waals surface area contributed by atoms with Crippen molar-refractivity contribution in [2.75, 3.05) is 6.61 Å². The van der Waals surface area contributed by atoms with Gasteiger partial charge in [0.1, 0.15) is 29.6 Å². The van der Waals surface area contributed by atoms with Gasteiger partial charge in [0, 0.05) is 5.02 Å². The summed E-state index contributed by atoms with van der Waals surface area (Å²) in [5.74, 6) is -2.94. The highest BCUT2D eigenvalue weighted by molar-refractivity contribution is 6.35. The molecule has 0 saturated heterocycles. The van der Waals surface area contributed by atoms with Crippen LogP contribution in [-0.2, 0) is 4.84 Å². The fourth-order valence-electron chi connectivity index (χ4n) is 1.66. The predicted octanol–water partition coefficient (Wildman–Crippen LogP) is 4.88. The van der Waals surface area contributed by atoms with Gasteiger partial charge in [-0.15, -0.1) is 0 Å². The number of halogens is 4. The Labute approximate surface area is 146 Å². The number of benzene rings is 2. The highest BCUT2D eigenvalue weighted by Gasteiger charge is 2.18. The first-order valence-corrected chi connectivity index (χ1v) is 7.40. The van der Waals surface area contributed by atoms with Gasteiger partial charge in [-0.1, -0.05) is 34.4 Å². The molecule has 2 rings (SSSR count). The maximum absolute atomic E-state index is 13.4.